The molecule has 1 amide bonds. The lowest BCUT2D eigenvalue weighted by molar-refractivity contribution is -0.384. The minimum atomic E-state index is -0.393. The van der Waals surface area contributed by atoms with Crippen LogP contribution < -0.4 is 4.90 Å². The third kappa shape index (κ3) is 5.98. The second-order valence-electron chi connectivity index (χ2n) is 8.97. The zero-order chi connectivity index (χ0) is 25.6. The standard InChI is InChI=1S/C27H28N6O3S/c34-25-24(19-21-7-2-1-3-8-21)37-26(22-9-4-10-23(20-22)33(35)36)32(25)14-6-13-30-15-17-31(18-16-30)27-28-11-5-12-29-27/h1-5,7-12,19-20,26H,6,13-18H2. The zero-order valence-corrected chi connectivity index (χ0v) is 21.2. The summed E-state index contributed by atoms with van der Waals surface area (Å²) in [5, 5.41) is 11.1. The number of hydrogen-bond donors (Lipinski definition) is 0. The third-order valence-corrected chi connectivity index (χ3v) is 7.83. The SMILES string of the molecule is O=C1C(=Cc2ccccc2)SC(c2cccc([N+](=O)[O-])c2)N1CCCN1CCN(c2ncccn2)CC1. The Kier molecular flexibility index (Phi) is 7.76. The Bertz CT molecular complexity index is 1270. The number of nitro groups is 1. The molecule has 2 fully saturated rings. The van der Waals surface area contributed by atoms with Crippen molar-refractivity contribution in [3.63, 3.8) is 0 Å². The van der Waals surface area contributed by atoms with Gasteiger partial charge < -0.3 is 9.80 Å². The van der Waals surface area contributed by atoms with E-state index < -0.39 is 4.92 Å². The van der Waals surface area contributed by atoms with Gasteiger partial charge in [0.15, 0.2) is 0 Å². The molecule has 3 heterocycles. The van der Waals surface area contributed by atoms with Crippen molar-refractivity contribution in [1.29, 1.82) is 0 Å². The van der Waals surface area contributed by atoms with Crippen LogP contribution in [0.4, 0.5) is 11.6 Å². The fourth-order valence-corrected chi connectivity index (χ4v) is 5.90. The lowest BCUT2D eigenvalue weighted by Gasteiger charge is -2.35. The van der Waals surface area contributed by atoms with Crippen molar-refractivity contribution >= 4 is 35.4 Å². The molecule has 2 saturated heterocycles. The second-order valence-corrected chi connectivity index (χ2v) is 10.1. The van der Waals surface area contributed by atoms with Crippen LogP contribution in [0, 0.1) is 10.1 Å². The van der Waals surface area contributed by atoms with Crippen LogP contribution in [0.3, 0.4) is 0 Å². The molecular weight excluding hydrogens is 488 g/mol. The number of thioether (sulfide) groups is 1. The molecule has 0 saturated carbocycles. The minimum absolute atomic E-state index is 0.0311. The average molecular weight is 517 g/mol. The maximum Gasteiger partial charge on any atom is 0.269 e. The molecule has 0 bridgehead atoms. The Balaban J connectivity index is 1.26. The molecule has 2 aromatic carbocycles. The number of rotatable bonds is 8. The predicted octanol–water partition coefficient (Wildman–Crippen LogP) is 4.21. The van der Waals surface area contributed by atoms with Crippen molar-refractivity contribution in [3.05, 3.63) is 99.2 Å². The number of benzene rings is 2. The normalized spacial score (nSPS) is 19.5. The molecule has 10 heteroatoms. The largest absolute Gasteiger partial charge is 0.338 e. The number of amides is 1. The van der Waals surface area contributed by atoms with Gasteiger partial charge in [-0.15, -0.1) is 0 Å². The first-order valence-corrected chi connectivity index (χ1v) is 13.2. The topological polar surface area (TPSA) is 95.7 Å². The highest BCUT2D eigenvalue weighted by Crippen LogP contribution is 2.46. The van der Waals surface area contributed by atoms with Crippen molar-refractivity contribution in [2.24, 2.45) is 0 Å². The number of piperazine rings is 1. The highest BCUT2D eigenvalue weighted by Gasteiger charge is 2.37. The molecule has 0 spiro atoms. The first-order valence-electron chi connectivity index (χ1n) is 12.3. The van der Waals surface area contributed by atoms with E-state index in [1.165, 1.54) is 17.8 Å². The fourth-order valence-electron chi connectivity index (χ4n) is 4.63. The fraction of sp³-hybridized carbons (Fsp3) is 0.296. The molecule has 1 unspecified atom stereocenters. The molecule has 9 nitrogen and oxygen atoms in total. The van der Waals surface area contributed by atoms with Gasteiger partial charge in [-0.3, -0.25) is 19.8 Å². The number of hydrogen-bond acceptors (Lipinski definition) is 8. The molecule has 37 heavy (non-hydrogen) atoms. The Hall–Kier alpha value is -3.76. The summed E-state index contributed by atoms with van der Waals surface area (Å²) in [5.74, 6) is 0.732. The maximum absolute atomic E-state index is 13.5. The second kappa shape index (κ2) is 11.5. The van der Waals surface area contributed by atoms with Crippen molar-refractivity contribution in [2.45, 2.75) is 11.8 Å². The van der Waals surface area contributed by atoms with E-state index >= 15 is 0 Å². The van der Waals surface area contributed by atoms with Crippen LogP contribution in [0.25, 0.3) is 6.08 Å². The summed E-state index contributed by atoms with van der Waals surface area (Å²) in [6.07, 6.45) is 6.25. The molecule has 5 rings (SSSR count). The van der Waals surface area contributed by atoms with E-state index in [4.69, 9.17) is 0 Å². The van der Waals surface area contributed by atoms with Gasteiger partial charge in [-0.05, 0) is 36.2 Å². The van der Waals surface area contributed by atoms with Crippen LogP contribution >= 0.6 is 11.8 Å². The van der Waals surface area contributed by atoms with Gasteiger partial charge in [0, 0.05) is 57.3 Å². The van der Waals surface area contributed by atoms with E-state index in [-0.39, 0.29) is 17.0 Å². The Morgan fingerprint density at radius 3 is 2.46 bits per heavy atom. The lowest BCUT2D eigenvalue weighted by Crippen LogP contribution is -2.47. The summed E-state index contributed by atoms with van der Waals surface area (Å²) < 4.78 is 0. The summed E-state index contributed by atoms with van der Waals surface area (Å²) in [7, 11) is 0. The zero-order valence-electron chi connectivity index (χ0n) is 20.3. The number of carbonyl (C=O) groups is 1. The van der Waals surface area contributed by atoms with Crippen LogP contribution in [0.1, 0.15) is 22.9 Å². The number of non-ortho nitro benzene ring substituents is 1. The first-order chi connectivity index (χ1) is 18.1. The lowest BCUT2D eigenvalue weighted by atomic mass is 10.1. The van der Waals surface area contributed by atoms with Crippen molar-refractivity contribution < 1.29 is 9.72 Å². The molecule has 2 aliphatic rings. The molecule has 3 aromatic rings. The molecular formula is C27H28N6O3S. The molecule has 1 atom stereocenters. The van der Waals surface area contributed by atoms with Crippen LogP contribution in [0.15, 0.2) is 78.0 Å². The van der Waals surface area contributed by atoms with Crippen LogP contribution in [0.5, 0.6) is 0 Å². The van der Waals surface area contributed by atoms with E-state index in [9.17, 15) is 14.9 Å². The van der Waals surface area contributed by atoms with E-state index in [2.05, 4.69) is 19.8 Å². The molecule has 0 radical (unpaired) electrons. The van der Waals surface area contributed by atoms with Crippen LogP contribution in [-0.2, 0) is 4.79 Å². The molecule has 0 aliphatic carbocycles. The summed E-state index contributed by atoms with van der Waals surface area (Å²) >= 11 is 1.46. The molecule has 190 valence electrons. The van der Waals surface area contributed by atoms with E-state index in [1.54, 1.807) is 24.5 Å². The highest BCUT2D eigenvalue weighted by atomic mass is 32.2. The van der Waals surface area contributed by atoms with Gasteiger partial charge in [-0.1, -0.05) is 54.2 Å². The molecule has 1 aromatic heterocycles. The molecule has 2 aliphatic heterocycles. The highest BCUT2D eigenvalue weighted by molar-refractivity contribution is 8.04. The van der Waals surface area contributed by atoms with Gasteiger partial charge in [-0.2, -0.15) is 0 Å². The van der Waals surface area contributed by atoms with Crippen LogP contribution in [0.2, 0.25) is 0 Å². The number of anilines is 1. The van der Waals surface area contributed by atoms with Gasteiger partial charge in [0.1, 0.15) is 5.37 Å². The number of aromatic nitrogens is 2. The van der Waals surface area contributed by atoms with Crippen LogP contribution in [-0.4, -0.2) is 69.9 Å². The summed E-state index contributed by atoms with van der Waals surface area (Å²) in [5.41, 5.74) is 1.75. The predicted molar refractivity (Wildman–Crippen MR) is 145 cm³/mol. The number of nitrogens with zero attached hydrogens (tertiary/aromatic N) is 6. The van der Waals surface area contributed by atoms with Crippen molar-refractivity contribution in [3.8, 4) is 0 Å². The third-order valence-electron chi connectivity index (χ3n) is 6.54. The number of carbonyl (C=O) groups excluding carboxylic acids is 1. The Morgan fingerprint density at radius 1 is 0.973 bits per heavy atom. The quantitative estimate of drug-likeness (QED) is 0.250. The van der Waals surface area contributed by atoms with Crippen molar-refractivity contribution in [2.75, 3.05) is 44.2 Å². The summed E-state index contributed by atoms with van der Waals surface area (Å²) in [6.45, 7) is 5.00. The summed E-state index contributed by atoms with van der Waals surface area (Å²) in [4.78, 5) is 40.2. The maximum atomic E-state index is 13.5. The smallest absolute Gasteiger partial charge is 0.269 e. The van der Waals surface area contributed by atoms with Gasteiger partial charge in [0.05, 0.1) is 9.83 Å². The monoisotopic (exact) mass is 516 g/mol. The van der Waals surface area contributed by atoms with E-state index in [1.807, 2.05) is 53.4 Å². The van der Waals surface area contributed by atoms with E-state index in [0.717, 1.165) is 56.2 Å². The first kappa shape index (κ1) is 24.9. The summed E-state index contributed by atoms with van der Waals surface area (Å²) in [6, 6.07) is 18.2. The van der Waals surface area contributed by atoms with E-state index in [0.29, 0.717) is 11.4 Å². The van der Waals surface area contributed by atoms with Gasteiger partial charge in [0.2, 0.25) is 5.95 Å². The Morgan fingerprint density at radius 2 is 1.73 bits per heavy atom. The molecule has 0 N–H and O–H groups in total. The minimum Gasteiger partial charge on any atom is -0.338 e. The average Bonchev–Trinajstić information content (AvgIpc) is 3.25. The van der Waals surface area contributed by atoms with Crippen molar-refractivity contribution in [1.82, 2.24) is 19.8 Å². The number of nitro benzene ring substituents is 1. The van der Waals surface area contributed by atoms with Gasteiger partial charge in [0.25, 0.3) is 11.6 Å². The Labute approximate surface area is 220 Å². The van der Waals surface area contributed by atoms with Gasteiger partial charge >= 0.3 is 0 Å². The van der Waals surface area contributed by atoms with Gasteiger partial charge in [-0.25, -0.2) is 9.97 Å².